The molecule has 1 aliphatic rings. The Labute approximate surface area is 131 Å². The van der Waals surface area contributed by atoms with Crippen LogP contribution in [0.2, 0.25) is 5.02 Å². The average molecular weight is 335 g/mol. The van der Waals surface area contributed by atoms with Crippen LogP contribution in [0.3, 0.4) is 0 Å². The molecule has 0 aromatic heterocycles. The van der Waals surface area contributed by atoms with Crippen LogP contribution in [0.25, 0.3) is 0 Å². The number of alkyl halides is 2. The minimum absolute atomic E-state index is 0.0283. The van der Waals surface area contributed by atoms with Gasteiger partial charge in [0.25, 0.3) is 0 Å². The predicted molar refractivity (Wildman–Crippen MR) is 78.5 cm³/mol. The lowest BCUT2D eigenvalue weighted by Crippen LogP contribution is -2.47. The van der Waals surface area contributed by atoms with Crippen molar-refractivity contribution in [2.45, 2.75) is 26.1 Å². The molecule has 8 heteroatoms. The minimum atomic E-state index is -3.00. The molecule has 0 spiro atoms. The van der Waals surface area contributed by atoms with Crippen molar-refractivity contribution in [3.8, 4) is 5.75 Å². The molecule has 1 saturated heterocycles. The van der Waals surface area contributed by atoms with E-state index >= 15 is 0 Å². The van der Waals surface area contributed by atoms with Crippen molar-refractivity contribution in [3.63, 3.8) is 0 Å². The third kappa shape index (κ3) is 4.20. The van der Waals surface area contributed by atoms with Crippen molar-refractivity contribution in [2.75, 3.05) is 18.4 Å². The van der Waals surface area contributed by atoms with Crippen molar-refractivity contribution in [1.82, 2.24) is 4.90 Å². The van der Waals surface area contributed by atoms with Gasteiger partial charge in [0.15, 0.2) is 0 Å². The van der Waals surface area contributed by atoms with Gasteiger partial charge in [-0.15, -0.1) is 0 Å². The number of aliphatic hydroxyl groups is 1. The molecule has 122 valence electrons. The SMILES string of the molecule is CC1CCN(C(=O)Nc2ccc(Cl)c(OC(F)F)c2)CC1O. The van der Waals surface area contributed by atoms with Crippen LogP contribution in [0.4, 0.5) is 19.3 Å². The second-order valence-electron chi connectivity index (χ2n) is 5.23. The van der Waals surface area contributed by atoms with Crippen molar-refractivity contribution < 1.29 is 23.4 Å². The van der Waals surface area contributed by atoms with E-state index in [1.165, 1.54) is 23.1 Å². The lowest BCUT2D eigenvalue weighted by Gasteiger charge is -2.34. The lowest BCUT2D eigenvalue weighted by atomic mass is 9.96. The summed E-state index contributed by atoms with van der Waals surface area (Å²) in [6, 6.07) is 3.68. The normalized spacial score (nSPS) is 21.8. The maximum Gasteiger partial charge on any atom is 0.387 e. The number of hydrogen-bond donors (Lipinski definition) is 2. The number of nitrogens with zero attached hydrogens (tertiary/aromatic N) is 1. The molecule has 1 aromatic carbocycles. The highest BCUT2D eigenvalue weighted by atomic mass is 35.5. The molecule has 1 aliphatic heterocycles. The van der Waals surface area contributed by atoms with Crippen LogP contribution in [0.5, 0.6) is 5.75 Å². The smallest absolute Gasteiger partial charge is 0.387 e. The average Bonchev–Trinajstić information content (AvgIpc) is 2.45. The molecule has 2 amide bonds. The van der Waals surface area contributed by atoms with Crippen LogP contribution in [0, 0.1) is 5.92 Å². The molecule has 1 fully saturated rings. The standard InChI is InChI=1S/C14H17ClF2N2O3/c1-8-4-5-19(7-11(8)20)14(21)18-9-2-3-10(15)12(6-9)22-13(16)17/h2-3,6,8,11,13,20H,4-5,7H2,1H3,(H,18,21). The molecule has 0 aliphatic carbocycles. The summed E-state index contributed by atoms with van der Waals surface area (Å²) in [5.74, 6) is -0.0626. The number of β-amino-alcohol motifs (C(OH)–C–C–N with tert-alkyl or cyclic N) is 1. The van der Waals surface area contributed by atoms with E-state index in [0.717, 1.165) is 0 Å². The van der Waals surface area contributed by atoms with Crippen molar-refractivity contribution in [2.24, 2.45) is 5.92 Å². The van der Waals surface area contributed by atoms with Gasteiger partial charge < -0.3 is 20.1 Å². The number of ether oxygens (including phenoxy) is 1. The summed E-state index contributed by atoms with van der Waals surface area (Å²) in [6.45, 7) is -0.311. The fraction of sp³-hybridized carbons (Fsp3) is 0.500. The molecule has 0 saturated carbocycles. The van der Waals surface area contributed by atoms with Gasteiger partial charge in [-0.25, -0.2) is 4.79 Å². The Hall–Kier alpha value is -1.60. The van der Waals surface area contributed by atoms with Gasteiger partial charge in [-0.05, 0) is 24.5 Å². The number of carbonyl (C=O) groups is 1. The summed E-state index contributed by atoms with van der Waals surface area (Å²) >= 11 is 5.75. The van der Waals surface area contributed by atoms with E-state index in [9.17, 15) is 18.7 Å². The molecule has 2 rings (SSSR count). The monoisotopic (exact) mass is 334 g/mol. The molecule has 2 atom stereocenters. The number of halogens is 3. The number of anilines is 1. The third-order valence-corrected chi connectivity index (χ3v) is 3.92. The fourth-order valence-electron chi connectivity index (χ4n) is 2.20. The van der Waals surface area contributed by atoms with Crippen LogP contribution in [0.1, 0.15) is 13.3 Å². The Morgan fingerprint density at radius 3 is 2.91 bits per heavy atom. The van der Waals surface area contributed by atoms with Gasteiger partial charge in [0.05, 0.1) is 11.1 Å². The molecule has 0 radical (unpaired) electrons. The number of piperidine rings is 1. The minimum Gasteiger partial charge on any atom is -0.433 e. The number of carbonyl (C=O) groups excluding carboxylic acids is 1. The van der Waals surface area contributed by atoms with Crippen LogP contribution in [-0.4, -0.2) is 41.8 Å². The Morgan fingerprint density at radius 2 is 2.27 bits per heavy atom. The maximum atomic E-state index is 12.3. The van der Waals surface area contributed by atoms with Crippen molar-refractivity contribution >= 4 is 23.3 Å². The quantitative estimate of drug-likeness (QED) is 0.892. The van der Waals surface area contributed by atoms with E-state index in [-0.39, 0.29) is 28.9 Å². The van der Waals surface area contributed by atoms with Crippen molar-refractivity contribution in [3.05, 3.63) is 23.2 Å². The summed E-state index contributed by atoms with van der Waals surface area (Å²) in [4.78, 5) is 13.6. The fourth-order valence-corrected chi connectivity index (χ4v) is 2.37. The molecule has 0 bridgehead atoms. The van der Waals surface area contributed by atoms with Crippen LogP contribution in [-0.2, 0) is 0 Å². The van der Waals surface area contributed by atoms with E-state index < -0.39 is 18.7 Å². The largest absolute Gasteiger partial charge is 0.433 e. The molecule has 22 heavy (non-hydrogen) atoms. The van der Waals surface area contributed by atoms with E-state index in [1.807, 2.05) is 6.92 Å². The first kappa shape index (κ1) is 16.8. The number of urea groups is 1. The van der Waals surface area contributed by atoms with E-state index in [0.29, 0.717) is 13.0 Å². The molecule has 1 heterocycles. The van der Waals surface area contributed by atoms with Gasteiger partial charge in [0, 0.05) is 24.8 Å². The number of nitrogens with one attached hydrogen (secondary N) is 1. The van der Waals surface area contributed by atoms with Crippen LogP contribution >= 0.6 is 11.6 Å². The molecule has 2 N–H and O–H groups in total. The zero-order valence-corrected chi connectivity index (χ0v) is 12.7. The van der Waals surface area contributed by atoms with Gasteiger partial charge >= 0.3 is 12.6 Å². The highest BCUT2D eigenvalue weighted by Crippen LogP contribution is 2.29. The number of aliphatic hydroxyl groups excluding tert-OH is 1. The molecule has 5 nitrogen and oxygen atoms in total. The zero-order chi connectivity index (χ0) is 16.3. The first-order valence-corrected chi connectivity index (χ1v) is 7.23. The van der Waals surface area contributed by atoms with Crippen LogP contribution in [0.15, 0.2) is 18.2 Å². The maximum absolute atomic E-state index is 12.3. The van der Waals surface area contributed by atoms with Gasteiger partial charge in [0.1, 0.15) is 5.75 Å². The summed E-state index contributed by atoms with van der Waals surface area (Å²) < 4.78 is 28.8. The second-order valence-corrected chi connectivity index (χ2v) is 5.64. The highest BCUT2D eigenvalue weighted by molar-refractivity contribution is 6.32. The molecular weight excluding hydrogens is 318 g/mol. The Kier molecular flexibility index (Phi) is 5.42. The summed E-state index contributed by atoms with van der Waals surface area (Å²) in [5.41, 5.74) is 0.290. The molecule has 1 aromatic rings. The number of benzene rings is 1. The van der Waals surface area contributed by atoms with Gasteiger partial charge in [-0.2, -0.15) is 8.78 Å². The third-order valence-electron chi connectivity index (χ3n) is 3.60. The first-order chi connectivity index (χ1) is 10.4. The van der Waals surface area contributed by atoms with E-state index in [1.54, 1.807) is 0 Å². The predicted octanol–water partition coefficient (Wildman–Crippen LogP) is 3.18. The topological polar surface area (TPSA) is 61.8 Å². The van der Waals surface area contributed by atoms with E-state index in [4.69, 9.17) is 11.6 Å². The first-order valence-electron chi connectivity index (χ1n) is 6.85. The second kappa shape index (κ2) is 7.11. The molecular formula is C14H17ClF2N2O3. The molecule has 2 unspecified atom stereocenters. The Balaban J connectivity index is 2.02. The number of rotatable bonds is 3. The van der Waals surface area contributed by atoms with Gasteiger partial charge in [0.2, 0.25) is 0 Å². The number of amides is 2. The summed E-state index contributed by atoms with van der Waals surface area (Å²) in [7, 11) is 0. The summed E-state index contributed by atoms with van der Waals surface area (Å²) in [6.07, 6.45) is 0.136. The van der Waals surface area contributed by atoms with E-state index in [2.05, 4.69) is 10.1 Å². The van der Waals surface area contributed by atoms with Gasteiger partial charge in [-0.1, -0.05) is 18.5 Å². The summed E-state index contributed by atoms with van der Waals surface area (Å²) in [5, 5.41) is 12.4. The zero-order valence-electron chi connectivity index (χ0n) is 11.9. The highest BCUT2D eigenvalue weighted by Gasteiger charge is 2.27. The van der Waals surface area contributed by atoms with Gasteiger partial charge in [-0.3, -0.25) is 0 Å². The number of hydrogen-bond acceptors (Lipinski definition) is 3. The van der Waals surface area contributed by atoms with Crippen LogP contribution < -0.4 is 10.1 Å². The van der Waals surface area contributed by atoms with Crippen molar-refractivity contribution in [1.29, 1.82) is 0 Å². The lowest BCUT2D eigenvalue weighted by molar-refractivity contribution is -0.0497. The Bertz CT molecular complexity index is 545. The Morgan fingerprint density at radius 1 is 1.55 bits per heavy atom. The number of likely N-dealkylation sites (tertiary alicyclic amines) is 1.